The van der Waals surface area contributed by atoms with Crippen LogP contribution in [0.4, 0.5) is 0 Å². The van der Waals surface area contributed by atoms with Gasteiger partial charge in [0.1, 0.15) is 0 Å². The molecular formula is C14H18INO2. The molecule has 0 bridgehead atoms. The van der Waals surface area contributed by atoms with E-state index in [4.69, 9.17) is 4.74 Å². The maximum atomic E-state index is 12.5. The van der Waals surface area contributed by atoms with Gasteiger partial charge in [-0.1, -0.05) is 12.1 Å². The van der Waals surface area contributed by atoms with E-state index >= 15 is 0 Å². The van der Waals surface area contributed by atoms with Crippen LogP contribution in [0.3, 0.4) is 0 Å². The van der Waals surface area contributed by atoms with Gasteiger partial charge in [0, 0.05) is 23.3 Å². The number of ether oxygens (including phenoxy) is 1. The fourth-order valence-corrected chi connectivity index (χ4v) is 2.81. The Bertz CT molecular complexity index is 416. The lowest BCUT2D eigenvalue weighted by atomic mass is 10.1. The van der Waals surface area contributed by atoms with E-state index in [0.29, 0.717) is 6.54 Å². The first-order valence-corrected chi connectivity index (χ1v) is 7.45. The van der Waals surface area contributed by atoms with Gasteiger partial charge >= 0.3 is 0 Å². The molecule has 0 saturated carbocycles. The number of rotatable bonds is 4. The summed E-state index contributed by atoms with van der Waals surface area (Å²) in [5.41, 5.74) is 0.790. The number of amides is 1. The second kappa shape index (κ2) is 6.52. The van der Waals surface area contributed by atoms with Crippen molar-refractivity contribution in [3.63, 3.8) is 0 Å². The van der Waals surface area contributed by atoms with Gasteiger partial charge in [-0.05, 0) is 54.5 Å². The van der Waals surface area contributed by atoms with Crippen LogP contribution in [-0.4, -0.2) is 36.6 Å². The third kappa shape index (κ3) is 3.23. The van der Waals surface area contributed by atoms with E-state index in [-0.39, 0.29) is 12.0 Å². The summed E-state index contributed by atoms with van der Waals surface area (Å²) in [6.07, 6.45) is 2.39. The zero-order valence-corrected chi connectivity index (χ0v) is 12.7. The number of hydrogen-bond donors (Lipinski definition) is 0. The minimum absolute atomic E-state index is 0.109. The molecule has 1 aromatic rings. The van der Waals surface area contributed by atoms with Crippen LogP contribution in [-0.2, 0) is 4.74 Å². The third-order valence-corrected chi connectivity index (χ3v) is 4.16. The standard InChI is InChI=1S/C14H18INO2/c1-2-16(10-11-6-5-9-18-11)14(17)12-7-3-4-8-13(12)15/h3-4,7-8,11H,2,5-6,9-10H2,1H3. The second-order valence-electron chi connectivity index (χ2n) is 4.46. The van der Waals surface area contributed by atoms with Gasteiger partial charge in [0.15, 0.2) is 0 Å². The SMILES string of the molecule is CCN(CC1CCCO1)C(=O)c1ccccc1I. The number of carbonyl (C=O) groups excluding carboxylic acids is 1. The first-order valence-electron chi connectivity index (χ1n) is 6.37. The van der Waals surface area contributed by atoms with Crippen LogP contribution in [0.2, 0.25) is 0 Å². The number of halogens is 1. The van der Waals surface area contributed by atoms with E-state index in [0.717, 1.165) is 35.1 Å². The van der Waals surface area contributed by atoms with Gasteiger partial charge in [-0.2, -0.15) is 0 Å². The largest absolute Gasteiger partial charge is 0.376 e. The fraction of sp³-hybridized carbons (Fsp3) is 0.500. The maximum absolute atomic E-state index is 12.5. The monoisotopic (exact) mass is 359 g/mol. The Kier molecular flexibility index (Phi) is 5.00. The quantitative estimate of drug-likeness (QED) is 0.774. The lowest BCUT2D eigenvalue weighted by Gasteiger charge is -2.24. The Morgan fingerprint density at radius 2 is 2.28 bits per heavy atom. The number of nitrogens with zero attached hydrogens (tertiary/aromatic N) is 1. The molecule has 2 rings (SSSR count). The van der Waals surface area contributed by atoms with Gasteiger partial charge in [0.2, 0.25) is 0 Å². The molecule has 0 aromatic heterocycles. The average Bonchev–Trinajstić information content (AvgIpc) is 2.88. The van der Waals surface area contributed by atoms with Crippen molar-refractivity contribution >= 4 is 28.5 Å². The maximum Gasteiger partial charge on any atom is 0.255 e. The Morgan fingerprint density at radius 1 is 1.50 bits per heavy atom. The van der Waals surface area contributed by atoms with Crippen LogP contribution < -0.4 is 0 Å². The fourth-order valence-electron chi connectivity index (χ4n) is 2.19. The molecule has 0 N–H and O–H groups in total. The highest BCUT2D eigenvalue weighted by Gasteiger charge is 2.23. The van der Waals surface area contributed by atoms with Gasteiger partial charge in [-0.3, -0.25) is 4.79 Å². The van der Waals surface area contributed by atoms with E-state index in [9.17, 15) is 4.79 Å². The molecule has 1 heterocycles. The number of carbonyl (C=O) groups is 1. The number of hydrogen-bond acceptors (Lipinski definition) is 2. The van der Waals surface area contributed by atoms with Gasteiger partial charge < -0.3 is 9.64 Å². The molecule has 1 saturated heterocycles. The predicted molar refractivity (Wildman–Crippen MR) is 79.7 cm³/mol. The minimum Gasteiger partial charge on any atom is -0.376 e. The van der Waals surface area contributed by atoms with Crippen molar-refractivity contribution < 1.29 is 9.53 Å². The second-order valence-corrected chi connectivity index (χ2v) is 5.62. The van der Waals surface area contributed by atoms with Crippen LogP contribution >= 0.6 is 22.6 Å². The first-order chi connectivity index (χ1) is 8.72. The van der Waals surface area contributed by atoms with E-state index in [1.54, 1.807) is 0 Å². The van der Waals surface area contributed by atoms with Crippen molar-refractivity contribution in [2.75, 3.05) is 19.7 Å². The molecule has 98 valence electrons. The highest BCUT2D eigenvalue weighted by molar-refractivity contribution is 14.1. The third-order valence-electron chi connectivity index (χ3n) is 3.22. The van der Waals surface area contributed by atoms with Gasteiger partial charge in [0.05, 0.1) is 11.7 Å². The van der Waals surface area contributed by atoms with Crippen LogP contribution in [0, 0.1) is 3.57 Å². The normalized spacial score (nSPS) is 18.9. The van der Waals surface area contributed by atoms with Crippen LogP contribution in [0.1, 0.15) is 30.1 Å². The zero-order chi connectivity index (χ0) is 13.0. The summed E-state index contributed by atoms with van der Waals surface area (Å²) in [4.78, 5) is 14.3. The van der Waals surface area contributed by atoms with E-state index < -0.39 is 0 Å². The Morgan fingerprint density at radius 3 is 2.89 bits per heavy atom. The van der Waals surface area contributed by atoms with Crippen molar-refractivity contribution in [2.45, 2.75) is 25.9 Å². The van der Waals surface area contributed by atoms with Crippen LogP contribution in [0.25, 0.3) is 0 Å². The molecule has 0 radical (unpaired) electrons. The predicted octanol–water partition coefficient (Wildman–Crippen LogP) is 2.93. The summed E-state index contributed by atoms with van der Waals surface area (Å²) in [6.45, 7) is 4.28. The Labute approximate surface area is 122 Å². The van der Waals surface area contributed by atoms with Crippen LogP contribution in [0.15, 0.2) is 24.3 Å². The highest BCUT2D eigenvalue weighted by atomic mass is 127. The minimum atomic E-state index is 0.109. The molecule has 18 heavy (non-hydrogen) atoms. The molecule has 1 amide bonds. The summed E-state index contributed by atoms with van der Waals surface area (Å²) in [6, 6.07) is 7.72. The Balaban J connectivity index is 2.07. The van der Waals surface area contributed by atoms with Crippen molar-refractivity contribution in [3.8, 4) is 0 Å². The van der Waals surface area contributed by atoms with Crippen molar-refractivity contribution in [2.24, 2.45) is 0 Å². The summed E-state index contributed by atoms with van der Waals surface area (Å²) in [5.74, 6) is 0.109. The van der Waals surface area contributed by atoms with E-state index in [1.807, 2.05) is 36.1 Å². The molecule has 1 atom stereocenters. The number of likely N-dealkylation sites (N-methyl/N-ethyl adjacent to an activating group) is 1. The van der Waals surface area contributed by atoms with E-state index in [2.05, 4.69) is 22.6 Å². The van der Waals surface area contributed by atoms with Crippen LogP contribution in [0.5, 0.6) is 0 Å². The average molecular weight is 359 g/mol. The van der Waals surface area contributed by atoms with Crippen molar-refractivity contribution in [3.05, 3.63) is 33.4 Å². The smallest absolute Gasteiger partial charge is 0.255 e. The summed E-state index contributed by atoms with van der Waals surface area (Å²) >= 11 is 2.21. The van der Waals surface area contributed by atoms with Gasteiger partial charge in [-0.25, -0.2) is 0 Å². The molecule has 1 aliphatic rings. The summed E-state index contributed by atoms with van der Waals surface area (Å²) in [7, 11) is 0. The molecule has 3 nitrogen and oxygen atoms in total. The zero-order valence-electron chi connectivity index (χ0n) is 10.6. The lowest BCUT2D eigenvalue weighted by molar-refractivity contribution is 0.0538. The molecular weight excluding hydrogens is 341 g/mol. The van der Waals surface area contributed by atoms with Gasteiger partial charge in [-0.15, -0.1) is 0 Å². The summed E-state index contributed by atoms with van der Waals surface area (Å²) < 4.78 is 6.61. The van der Waals surface area contributed by atoms with Crippen molar-refractivity contribution in [1.29, 1.82) is 0 Å². The summed E-state index contributed by atoms with van der Waals surface area (Å²) in [5, 5.41) is 0. The molecule has 1 aromatic carbocycles. The molecule has 0 aliphatic carbocycles. The lowest BCUT2D eigenvalue weighted by Crippen LogP contribution is -2.37. The highest BCUT2D eigenvalue weighted by Crippen LogP contribution is 2.17. The van der Waals surface area contributed by atoms with Crippen molar-refractivity contribution in [1.82, 2.24) is 4.90 Å². The molecule has 4 heteroatoms. The van der Waals surface area contributed by atoms with E-state index in [1.165, 1.54) is 0 Å². The molecule has 1 aliphatic heterocycles. The van der Waals surface area contributed by atoms with Gasteiger partial charge in [0.25, 0.3) is 5.91 Å². The number of benzene rings is 1. The topological polar surface area (TPSA) is 29.5 Å². The molecule has 0 spiro atoms. The molecule has 1 fully saturated rings. The molecule has 1 unspecified atom stereocenters. The Hall–Kier alpha value is -0.620. The first kappa shape index (κ1) is 13.8.